The summed E-state index contributed by atoms with van der Waals surface area (Å²) in [6, 6.07) is 10.3. The lowest BCUT2D eigenvalue weighted by molar-refractivity contribution is -0.224. The Morgan fingerprint density at radius 2 is 1.88 bits per heavy atom. The van der Waals surface area contributed by atoms with Crippen LogP contribution in [0.3, 0.4) is 0 Å². The number of rotatable bonds is 3. The van der Waals surface area contributed by atoms with Crippen molar-refractivity contribution in [3.05, 3.63) is 59.5 Å². The number of furan rings is 1. The lowest BCUT2D eigenvalue weighted by Gasteiger charge is -2.55. The number of esters is 3. The number of fused-ring (bicyclic) bond motifs is 4. The van der Waals surface area contributed by atoms with Gasteiger partial charge in [-0.3, -0.25) is 9.59 Å². The molecule has 2 aliphatic heterocycles. The predicted molar refractivity (Wildman–Crippen MR) is 115 cm³/mol. The van der Waals surface area contributed by atoms with Gasteiger partial charge in [0.1, 0.15) is 6.10 Å². The van der Waals surface area contributed by atoms with E-state index in [-0.39, 0.29) is 12.1 Å². The minimum absolute atomic E-state index is 0.325. The Morgan fingerprint density at radius 3 is 2.61 bits per heavy atom. The van der Waals surface area contributed by atoms with Gasteiger partial charge < -0.3 is 18.6 Å². The minimum Gasteiger partial charge on any atom is -0.462 e. The number of hydrogen-bond donors (Lipinski definition) is 0. The van der Waals surface area contributed by atoms with Crippen molar-refractivity contribution in [2.75, 3.05) is 0 Å². The number of carbonyl (C=O) groups is 3. The van der Waals surface area contributed by atoms with Gasteiger partial charge in [-0.05, 0) is 44.4 Å². The molecular weight excluding hydrogens is 424 g/mol. The second-order valence-corrected chi connectivity index (χ2v) is 9.26. The van der Waals surface area contributed by atoms with Gasteiger partial charge >= 0.3 is 17.9 Å². The maximum Gasteiger partial charge on any atom is 0.338 e. The van der Waals surface area contributed by atoms with Gasteiger partial charge in [0.15, 0.2) is 18.0 Å². The van der Waals surface area contributed by atoms with Gasteiger partial charge in [0.2, 0.25) is 0 Å². The van der Waals surface area contributed by atoms with E-state index in [0.29, 0.717) is 29.7 Å². The highest BCUT2D eigenvalue weighted by molar-refractivity contribution is 5.90. The van der Waals surface area contributed by atoms with Crippen molar-refractivity contribution >= 4 is 17.9 Å². The molecule has 2 saturated heterocycles. The lowest BCUT2D eigenvalue weighted by atomic mass is 9.49. The molecule has 7 heteroatoms. The van der Waals surface area contributed by atoms with Crippen molar-refractivity contribution in [2.24, 2.45) is 16.7 Å². The molecule has 0 spiro atoms. The van der Waals surface area contributed by atoms with Gasteiger partial charge in [-0.15, -0.1) is 0 Å². The first-order valence-corrected chi connectivity index (χ1v) is 11.0. The molecule has 2 bridgehead atoms. The van der Waals surface area contributed by atoms with Crippen LogP contribution in [0.25, 0.3) is 0 Å². The van der Waals surface area contributed by atoms with E-state index < -0.39 is 40.9 Å². The summed E-state index contributed by atoms with van der Waals surface area (Å²) in [5.41, 5.74) is -1.22. The van der Waals surface area contributed by atoms with Crippen molar-refractivity contribution in [3.63, 3.8) is 0 Å². The zero-order chi connectivity index (χ0) is 23.4. The second kappa shape index (κ2) is 7.51. The molecule has 0 N–H and O–H groups in total. The maximum absolute atomic E-state index is 13.3. The molecule has 1 aromatic carbocycles. The van der Waals surface area contributed by atoms with Crippen molar-refractivity contribution < 1.29 is 33.0 Å². The van der Waals surface area contributed by atoms with Gasteiger partial charge in [0.05, 0.1) is 28.7 Å². The lowest BCUT2D eigenvalue weighted by Crippen LogP contribution is -2.63. The van der Waals surface area contributed by atoms with E-state index in [0.717, 1.165) is 0 Å². The normalized spacial score (nSPS) is 34.4. The Labute approximate surface area is 191 Å². The highest BCUT2D eigenvalue weighted by atomic mass is 16.6. The molecule has 2 aromatic rings. The summed E-state index contributed by atoms with van der Waals surface area (Å²) < 4.78 is 23.1. The Kier molecular flexibility index (Phi) is 4.86. The molecule has 7 nitrogen and oxygen atoms in total. The van der Waals surface area contributed by atoms with Gasteiger partial charge in [-0.1, -0.05) is 31.0 Å². The topological polar surface area (TPSA) is 92.0 Å². The molecule has 3 aliphatic rings. The summed E-state index contributed by atoms with van der Waals surface area (Å²) in [4.78, 5) is 39.5. The van der Waals surface area contributed by atoms with E-state index in [1.807, 2.05) is 6.92 Å². The largest absolute Gasteiger partial charge is 0.462 e. The predicted octanol–water partition coefficient (Wildman–Crippen LogP) is 3.82. The van der Waals surface area contributed by atoms with E-state index in [2.05, 4.69) is 11.8 Å². The van der Waals surface area contributed by atoms with Crippen LogP contribution >= 0.6 is 0 Å². The molecule has 3 heterocycles. The van der Waals surface area contributed by atoms with E-state index in [4.69, 9.17) is 18.6 Å². The van der Waals surface area contributed by atoms with Crippen LogP contribution in [0.4, 0.5) is 0 Å². The first-order chi connectivity index (χ1) is 15.8. The van der Waals surface area contributed by atoms with Crippen molar-refractivity contribution in [1.82, 2.24) is 0 Å². The molecule has 6 unspecified atom stereocenters. The number of hydrogen-bond acceptors (Lipinski definition) is 7. The van der Waals surface area contributed by atoms with Crippen LogP contribution in [0, 0.1) is 28.6 Å². The zero-order valence-corrected chi connectivity index (χ0v) is 18.6. The third kappa shape index (κ3) is 3.01. The SMILES string of the molecule is CC#Cc1occc1C1OC(=O)C2CC3CC(C)(C(=O)O3)C2(C)C1OC(=O)c1ccccc1. The summed E-state index contributed by atoms with van der Waals surface area (Å²) in [7, 11) is 0. The third-order valence-corrected chi connectivity index (χ3v) is 7.65. The molecule has 5 rings (SSSR count). The van der Waals surface area contributed by atoms with Crippen LogP contribution < -0.4 is 0 Å². The number of cyclic esters (lactones) is 1. The van der Waals surface area contributed by atoms with E-state index >= 15 is 0 Å². The van der Waals surface area contributed by atoms with E-state index in [1.165, 1.54) is 6.26 Å². The molecule has 33 heavy (non-hydrogen) atoms. The fraction of sp³-hybridized carbons (Fsp3) is 0.423. The molecule has 0 radical (unpaired) electrons. The molecule has 1 aromatic heterocycles. The highest BCUT2D eigenvalue weighted by Gasteiger charge is 2.73. The van der Waals surface area contributed by atoms with Gasteiger partial charge in [0.25, 0.3) is 0 Å². The Hall–Kier alpha value is -3.53. The van der Waals surface area contributed by atoms with E-state index in [1.54, 1.807) is 50.2 Å². The summed E-state index contributed by atoms with van der Waals surface area (Å²) in [6.45, 7) is 5.30. The van der Waals surface area contributed by atoms with E-state index in [9.17, 15) is 14.4 Å². The zero-order valence-electron chi connectivity index (χ0n) is 18.6. The Morgan fingerprint density at radius 1 is 1.12 bits per heavy atom. The summed E-state index contributed by atoms with van der Waals surface area (Å²) in [5, 5.41) is 0. The molecule has 170 valence electrons. The molecular formula is C26H24O7. The smallest absolute Gasteiger partial charge is 0.338 e. The molecule has 0 amide bonds. The van der Waals surface area contributed by atoms with Crippen LogP contribution in [0.5, 0.6) is 0 Å². The average molecular weight is 448 g/mol. The first kappa shape index (κ1) is 21.3. The van der Waals surface area contributed by atoms with Gasteiger partial charge in [-0.2, -0.15) is 0 Å². The minimum atomic E-state index is -1.06. The first-order valence-electron chi connectivity index (χ1n) is 11.0. The van der Waals surface area contributed by atoms with Crippen LogP contribution in [0.2, 0.25) is 0 Å². The summed E-state index contributed by atoms with van der Waals surface area (Å²) in [6.07, 6.45) is -0.0653. The highest BCUT2D eigenvalue weighted by Crippen LogP contribution is 2.65. The van der Waals surface area contributed by atoms with Crippen molar-refractivity contribution in [3.8, 4) is 11.8 Å². The standard InChI is InChI=1S/C26H24O7/c1-4-8-19-17(11-12-30-19)20-21(33-22(27)15-9-6-5-7-10-15)26(3)18(23(28)32-20)13-16-14-25(26,2)24(29)31-16/h5-7,9-12,16,18,20-21H,13-14H2,1-3H3. The van der Waals surface area contributed by atoms with Crippen LogP contribution in [-0.2, 0) is 23.8 Å². The van der Waals surface area contributed by atoms with Gasteiger partial charge in [-0.25, -0.2) is 4.79 Å². The number of carbonyl (C=O) groups excluding carboxylic acids is 3. The Balaban J connectivity index is 1.65. The monoisotopic (exact) mass is 448 g/mol. The Bertz CT molecular complexity index is 1190. The maximum atomic E-state index is 13.3. The fourth-order valence-electron chi connectivity index (χ4n) is 5.69. The number of benzene rings is 1. The summed E-state index contributed by atoms with van der Waals surface area (Å²) in [5.74, 6) is 3.93. The van der Waals surface area contributed by atoms with Crippen molar-refractivity contribution in [2.45, 2.75) is 51.9 Å². The van der Waals surface area contributed by atoms with Crippen molar-refractivity contribution in [1.29, 1.82) is 0 Å². The molecule has 1 aliphatic carbocycles. The fourth-order valence-corrected chi connectivity index (χ4v) is 5.69. The average Bonchev–Trinajstić information content (AvgIpc) is 3.36. The molecule has 1 saturated carbocycles. The molecule has 6 atom stereocenters. The van der Waals surface area contributed by atoms with Crippen LogP contribution in [0.1, 0.15) is 61.4 Å². The summed E-state index contributed by atoms with van der Waals surface area (Å²) >= 11 is 0. The van der Waals surface area contributed by atoms with Crippen LogP contribution in [0.15, 0.2) is 47.1 Å². The van der Waals surface area contributed by atoms with Crippen LogP contribution in [-0.4, -0.2) is 30.1 Å². The quantitative estimate of drug-likeness (QED) is 0.400. The van der Waals surface area contributed by atoms with Gasteiger partial charge in [0, 0.05) is 11.8 Å². The second-order valence-electron chi connectivity index (χ2n) is 9.26. The molecule has 3 fully saturated rings. The third-order valence-electron chi connectivity index (χ3n) is 7.65. The number of ether oxygens (including phenoxy) is 3.